The molecule has 0 unspecified atom stereocenters. The summed E-state index contributed by atoms with van der Waals surface area (Å²) in [6.45, 7) is 0.932. The third-order valence-electron chi connectivity index (χ3n) is 4.83. The first-order valence-electron chi connectivity index (χ1n) is 8.54. The van der Waals surface area contributed by atoms with E-state index in [4.69, 9.17) is 0 Å². The molecule has 1 aromatic carbocycles. The van der Waals surface area contributed by atoms with Crippen LogP contribution in [0.25, 0.3) is 11.0 Å². The normalized spacial score (nSPS) is 21.0. The molecule has 1 aliphatic rings. The fourth-order valence-corrected chi connectivity index (χ4v) is 4.37. The SMILES string of the molecule is CN(C)S(=O)(=O)C[C@@H]1CN(C(=O)CCn2cnc3ccccc32)C[C@H]1O. The topological polar surface area (TPSA) is 95.7 Å². The number of β-amino-alcohol motifs (C(OH)–C–C–N with tert-alkyl or cyclic N) is 1. The van der Waals surface area contributed by atoms with Crippen LogP contribution < -0.4 is 0 Å². The molecule has 1 aromatic heterocycles. The number of nitrogens with zero attached hydrogens (tertiary/aromatic N) is 4. The van der Waals surface area contributed by atoms with Crippen LogP contribution in [0.3, 0.4) is 0 Å². The minimum atomic E-state index is -3.41. The number of carbonyl (C=O) groups is 1. The predicted molar refractivity (Wildman–Crippen MR) is 97.9 cm³/mol. The van der Waals surface area contributed by atoms with Gasteiger partial charge >= 0.3 is 0 Å². The van der Waals surface area contributed by atoms with Crippen LogP contribution in [0.5, 0.6) is 0 Å². The number of para-hydroxylation sites is 2. The maximum atomic E-state index is 12.5. The number of imidazole rings is 1. The van der Waals surface area contributed by atoms with Gasteiger partial charge in [-0.15, -0.1) is 0 Å². The molecule has 0 spiro atoms. The van der Waals surface area contributed by atoms with Crippen molar-refractivity contribution in [2.45, 2.75) is 19.1 Å². The third-order valence-corrected chi connectivity index (χ3v) is 6.80. The number of carbonyl (C=O) groups excluding carboxylic acids is 1. The highest BCUT2D eigenvalue weighted by molar-refractivity contribution is 7.89. The van der Waals surface area contributed by atoms with Crippen LogP contribution in [0.1, 0.15) is 6.42 Å². The van der Waals surface area contributed by atoms with Crippen LogP contribution in [-0.2, 0) is 21.4 Å². The monoisotopic (exact) mass is 380 g/mol. The van der Waals surface area contributed by atoms with Gasteiger partial charge in [-0.25, -0.2) is 17.7 Å². The second-order valence-corrected chi connectivity index (χ2v) is 9.09. The Morgan fingerprint density at radius 3 is 2.77 bits per heavy atom. The molecule has 1 N–H and O–H groups in total. The maximum absolute atomic E-state index is 12.5. The van der Waals surface area contributed by atoms with E-state index in [1.54, 1.807) is 11.2 Å². The summed E-state index contributed by atoms with van der Waals surface area (Å²) in [5.41, 5.74) is 1.85. The van der Waals surface area contributed by atoms with Gasteiger partial charge in [-0.05, 0) is 12.1 Å². The van der Waals surface area contributed by atoms with Crippen molar-refractivity contribution < 1.29 is 18.3 Å². The first-order valence-corrected chi connectivity index (χ1v) is 10.1. The molecule has 2 heterocycles. The molecule has 1 fully saturated rings. The number of benzene rings is 1. The summed E-state index contributed by atoms with van der Waals surface area (Å²) in [5, 5.41) is 10.2. The van der Waals surface area contributed by atoms with E-state index in [2.05, 4.69) is 4.98 Å². The summed E-state index contributed by atoms with van der Waals surface area (Å²) in [5.74, 6) is -0.705. The van der Waals surface area contributed by atoms with E-state index >= 15 is 0 Å². The van der Waals surface area contributed by atoms with Crippen molar-refractivity contribution in [1.29, 1.82) is 0 Å². The fraction of sp³-hybridized carbons (Fsp3) is 0.529. The second kappa shape index (κ2) is 7.34. The Morgan fingerprint density at radius 2 is 2.04 bits per heavy atom. The van der Waals surface area contributed by atoms with Gasteiger partial charge < -0.3 is 14.6 Å². The van der Waals surface area contributed by atoms with Gasteiger partial charge in [-0.2, -0.15) is 0 Å². The highest BCUT2D eigenvalue weighted by Crippen LogP contribution is 2.21. The number of amides is 1. The van der Waals surface area contributed by atoms with Crippen molar-refractivity contribution in [1.82, 2.24) is 18.8 Å². The van der Waals surface area contributed by atoms with Crippen molar-refractivity contribution in [3.8, 4) is 0 Å². The first kappa shape index (κ1) is 18.8. The van der Waals surface area contributed by atoms with E-state index in [1.807, 2.05) is 28.8 Å². The summed E-state index contributed by atoms with van der Waals surface area (Å²) >= 11 is 0. The molecule has 3 rings (SSSR count). The molecule has 1 aliphatic heterocycles. The summed E-state index contributed by atoms with van der Waals surface area (Å²) in [6, 6.07) is 7.71. The molecule has 1 saturated heterocycles. The average Bonchev–Trinajstić information content (AvgIpc) is 3.16. The van der Waals surface area contributed by atoms with Crippen LogP contribution >= 0.6 is 0 Å². The van der Waals surface area contributed by atoms with Crippen LogP contribution in [0.2, 0.25) is 0 Å². The number of aryl methyl sites for hydroxylation is 1. The van der Waals surface area contributed by atoms with Gasteiger partial charge in [0.2, 0.25) is 15.9 Å². The van der Waals surface area contributed by atoms with Gasteiger partial charge in [0.25, 0.3) is 0 Å². The van der Waals surface area contributed by atoms with Gasteiger partial charge in [0.1, 0.15) is 0 Å². The van der Waals surface area contributed by atoms with E-state index in [-0.39, 0.29) is 31.2 Å². The lowest BCUT2D eigenvalue weighted by Gasteiger charge is -2.18. The molecule has 1 amide bonds. The average molecular weight is 380 g/mol. The Balaban J connectivity index is 1.59. The number of rotatable bonds is 6. The number of aliphatic hydroxyl groups is 1. The highest BCUT2D eigenvalue weighted by Gasteiger charge is 2.37. The standard InChI is InChI=1S/C17H24N4O4S/c1-19(2)26(24,25)11-13-9-21(10-16(13)22)17(23)7-8-20-12-18-14-5-3-4-6-15(14)20/h3-6,12-13,16,22H,7-11H2,1-2H3/t13-,16+/m0/s1. The second-order valence-electron chi connectivity index (χ2n) is 6.86. The molecule has 9 heteroatoms. The lowest BCUT2D eigenvalue weighted by molar-refractivity contribution is -0.130. The molecule has 0 radical (unpaired) electrons. The molecular weight excluding hydrogens is 356 g/mol. The number of hydrogen-bond acceptors (Lipinski definition) is 5. The van der Waals surface area contributed by atoms with Crippen LogP contribution in [-0.4, -0.2) is 77.2 Å². The molecule has 2 atom stereocenters. The largest absolute Gasteiger partial charge is 0.391 e. The lowest BCUT2D eigenvalue weighted by atomic mass is 10.1. The molecule has 0 saturated carbocycles. The first-order chi connectivity index (χ1) is 12.3. The number of aliphatic hydroxyl groups excluding tert-OH is 1. The maximum Gasteiger partial charge on any atom is 0.224 e. The summed E-state index contributed by atoms with van der Waals surface area (Å²) in [6.07, 6.45) is 1.17. The van der Waals surface area contributed by atoms with Crippen molar-refractivity contribution in [3.05, 3.63) is 30.6 Å². The lowest BCUT2D eigenvalue weighted by Crippen LogP contribution is -2.33. The minimum absolute atomic E-state index is 0.0911. The summed E-state index contributed by atoms with van der Waals surface area (Å²) < 4.78 is 27.1. The zero-order valence-corrected chi connectivity index (χ0v) is 15.8. The Morgan fingerprint density at radius 1 is 1.31 bits per heavy atom. The quantitative estimate of drug-likeness (QED) is 0.769. The third kappa shape index (κ3) is 3.89. The molecule has 26 heavy (non-hydrogen) atoms. The van der Waals surface area contributed by atoms with Crippen molar-refractivity contribution in [2.75, 3.05) is 32.9 Å². The van der Waals surface area contributed by atoms with Crippen molar-refractivity contribution in [2.24, 2.45) is 5.92 Å². The summed E-state index contributed by atoms with van der Waals surface area (Å²) in [7, 11) is -0.478. The number of likely N-dealkylation sites (tertiary alicyclic amines) is 1. The van der Waals surface area contributed by atoms with E-state index < -0.39 is 22.0 Å². The predicted octanol–water partition coefficient (Wildman–Crippen LogP) is 0.137. The zero-order chi connectivity index (χ0) is 18.9. The van der Waals surface area contributed by atoms with Gasteiger partial charge in [-0.3, -0.25) is 4.79 Å². The van der Waals surface area contributed by atoms with Crippen molar-refractivity contribution in [3.63, 3.8) is 0 Å². The van der Waals surface area contributed by atoms with Crippen LogP contribution in [0.4, 0.5) is 0 Å². The Hall–Kier alpha value is -1.97. The Kier molecular flexibility index (Phi) is 5.31. The van der Waals surface area contributed by atoms with Gasteiger partial charge in [0.05, 0.1) is 29.2 Å². The number of fused-ring (bicyclic) bond motifs is 1. The molecule has 142 valence electrons. The van der Waals surface area contributed by atoms with Crippen molar-refractivity contribution >= 4 is 27.0 Å². The zero-order valence-electron chi connectivity index (χ0n) is 14.9. The minimum Gasteiger partial charge on any atom is -0.391 e. The molecule has 0 aliphatic carbocycles. The van der Waals surface area contributed by atoms with E-state index in [1.165, 1.54) is 14.1 Å². The van der Waals surface area contributed by atoms with Crippen LogP contribution in [0, 0.1) is 5.92 Å². The molecule has 2 aromatic rings. The number of sulfonamides is 1. The molecular formula is C17H24N4O4S. The van der Waals surface area contributed by atoms with Crippen LogP contribution in [0.15, 0.2) is 30.6 Å². The van der Waals surface area contributed by atoms with E-state index in [0.717, 1.165) is 15.3 Å². The Labute approximate surface area is 153 Å². The molecule has 8 nitrogen and oxygen atoms in total. The van der Waals surface area contributed by atoms with Gasteiger partial charge in [-0.1, -0.05) is 12.1 Å². The molecule has 0 bridgehead atoms. The van der Waals surface area contributed by atoms with Gasteiger partial charge in [0, 0.05) is 46.1 Å². The Bertz CT molecular complexity index is 893. The van der Waals surface area contributed by atoms with E-state index in [9.17, 15) is 18.3 Å². The summed E-state index contributed by atoms with van der Waals surface area (Å²) in [4.78, 5) is 18.3. The van der Waals surface area contributed by atoms with Gasteiger partial charge in [0.15, 0.2) is 0 Å². The van der Waals surface area contributed by atoms with E-state index in [0.29, 0.717) is 6.54 Å². The fourth-order valence-electron chi connectivity index (χ4n) is 3.20. The highest BCUT2D eigenvalue weighted by atomic mass is 32.2. The smallest absolute Gasteiger partial charge is 0.224 e. The number of aromatic nitrogens is 2. The number of hydrogen-bond donors (Lipinski definition) is 1.